The van der Waals surface area contributed by atoms with Crippen molar-refractivity contribution in [2.75, 3.05) is 0 Å². The molecule has 0 unspecified atom stereocenters. The summed E-state index contributed by atoms with van der Waals surface area (Å²) in [6.07, 6.45) is 3.09. The van der Waals surface area contributed by atoms with Gasteiger partial charge in [-0.3, -0.25) is 0 Å². The summed E-state index contributed by atoms with van der Waals surface area (Å²) >= 11 is 0. The average molecular weight is 284 g/mol. The molecule has 4 N–H and O–H groups in total. The second-order valence-corrected chi connectivity index (χ2v) is 5.52. The first-order valence-electron chi connectivity index (χ1n) is 5.50. The number of hydrogen-bond acceptors (Lipinski definition) is 4. The number of benzene rings is 1. The maximum atomic E-state index is 13.5. The minimum absolute atomic E-state index is 0.00411. The van der Waals surface area contributed by atoms with E-state index in [0.717, 1.165) is 0 Å². The van der Waals surface area contributed by atoms with Gasteiger partial charge in [0.2, 0.25) is 10.0 Å². The minimum atomic E-state index is -3.83. The zero-order valence-corrected chi connectivity index (χ0v) is 10.7. The highest BCUT2D eigenvalue weighted by atomic mass is 32.2. The smallest absolute Gasteiger partial charge is 0.241 e. The molecule has 6 nitrogen and oxygen atoms in total. The molecule has 0 radical (unpaired) electrons. The number of hydrogen-bond donors (Lipinski definition) is 3. The highest BCUT2D eigenvalue weighted by molar-refractivity contribution is 7.89. The van der Waals surface area contributed by atoms with Gasteiger partial charge in [-0.2, -0.15) is 0 Å². The predicted octanol–water partition coefficient (Wildman–Crippen LogP) is 0.486. The van der Waals surface area contributed by atoms with Crippen molar-refractivity contribution in [3.8, 4) is 0 Å². The Bertz CT molecular complexity index is 655. The van der Waals surface area contributed by atoms with Gasteiger partial charge in [-0.15, -0.1) is 0 Å². The van der Waals surface area contributed by atoms with Crippen LogP contribution in [0.3, 0.4) is 0 Å². The normalized spacial score (nSPS) is 11.7. The molecule has 8 heteroatoms. The summed E-state index contributed by atoms with van der Waals surface area (Å²) in [6.45, 7) is -0.195. The molecule has 0 aliphatic heterocycles. The lowest BCUT2D eigenvalue weighted by molar-refractivity contribution is 0.570. The second kappa shape index (κ2) is 5.47. The third-order valence-corrected chi connectivity index (χ3v) is 4.04. The molecule has 0 amide bonds. The maximum absolute atomic E-state index is 13.5. The van der Waals surface area contributed by atoms with Gasteiger partial charge in [-0.1, -0.05) is 6.07 Å². The molecule has 0 saturated heterocycles. The summed E-state index contributed by atoms with van der Waals surface area (Å²) in [6, 6.07) is 3.82. The number of H-pyrrole nitrogens is 1. The van der Waals surface area contributed by atoms with E-state index in [0.29, 0.717) is 5.82 Å². The first kappa shape index (κ1) is 13.7. The zero-order chi connectivity index (χ0) is 13.9. The molecule has 0 aliphatic carbocycles. The second-order valence-electron chi connectivity index (χ2n) is 3.78. The molecule has 0 spiro atoms. The van der Waals surface area contributed by atoms with Crippen molar-refractivity contribution >= 4 is 10.0 Å². The van der Waals surface area contributed by atoms with Crippen molar-refractivity contribution in [3.63, 3.8) is 0 Å². The fourth-order valence-electron chi connectivity index (χ4n) is 1.62. The van der Waals surface area contributed by atoms with E-state index in [9.17, 15) is 12.8 Å². The molecule has 1 aromatic heterocycles. The van der Waals surface area contributed by atoms with Crippen LogP contribution in [0.5, 0.6) is 0 Å². The lowest BCUT2D eigenvalue weighted by Gasteiger charge is -2.10. The van der Waals surface area contributed by atoms with Crippen LogP contribution in [0.15, 0.2) is 35.5 Å². The fraction of sp³-hybridized carbons (Fsp3) is 0.182. The van der Waals surface area contributed by atoms with Crippen LogP contribution in [-0.4, -0.2) is 18.4 Å². The Morgan fingerprint density at radius 3 is 2.84 bits per heavy atom. The quantitative estimate of drug-likeness (QED) is 0.743. The van der Waals surface area contributed by atoms with Gasteiger partial charge in [0, 0.05) is 24.5 Å². The van der Waals surface area contributed by atoms with Gasteiger partial charge in [-0.05, 0) is 12.1 Å². The number of rotatable bonds is 5. The highest BCUT2D eigenvalue weighted by Crippen LogP contribution is 2.18. The molecule has 0 saturated carbocycles. The van der Waals surface area contributed by atoms with E-state index >= 15 is 0 Å². The molecular weight excluding hydrogens is 271 g/mol. The monoisotopic (exact) mass is 284 g/mol. The summed E-state index contributed by atoms with van der Waals surface area (Å²) < 4.78 is 40.0. The van der Waals surface area contributed by atoms with Gasteiger partial charge in [-0.25, -0.2) is 22.5 Å². The summed E-state index contributed by atoms with van der Waals surface area (Å²) in [7, 11) is -3.83. The molecule has 2 rings (SSSR count). The van der Waals surface area contributed by atoms with Gasteiger partial charge in [0.25, 0.3) is 0 Å². The first-order chi connectivity index (χ1) is 9.04. The summed E-state index contributed by atoms with van der Waals surface area (Å²) in [5.41, 5.74) is 5.36. The molecule has 19 heavy (non-hydrogen) atoms. The highest BCUT2D eigenvalue weighted by Gasteiger charge is 2.20. The number of nitrogens with zero attached hydrogens (tertiary/aromatic N) is 1. The fourth-order valence-corrected chi connectivity index (χ4v) is 2.87. The van der Waals surface area contributed by atoms with E-state index in [-0.39, 0.29) is 23.5 Å². The standard InChI is InChI=1S/C11H13FN4O2S/c12-9-2-1-3-10(8(9)6-13)19(17,18)16-7-11-14-4-5-15-11/h1-5,16H,6-7,13H2,(H,14,15). The van der Waals surface area contributed by atoms with E-state index in [2.05, 4.69) is 14.7 Å². The minimum Gasteiger partial charge on any atom is -0.347 e. The number of sulfonamides is 1. The lowest BCUT2D eigenvalue weighted by atomic mass is 10.2. The van der Waals surface area contributed by atoms with Crippen LogP contribution in [-0.2, 0) is 23.1 Å². The summed E-state index contributed by atoms with van der Waals surface area (Å²) in [5.74, 6) is -0.169. The van der Waals surface area contributed by atoms with Gasteiger partial charge in [0.1, 0.15) is 11.6 Å². The number of aromatic amines is 1. The molecule has 2 aromatic rings. The topological polar surface area (TPSA) is 101 Å². The van der Waals surface area contributed by atoms with Crippen LogP contribution in [0.1, 0.15) is 11.4 Å². The van der Waals surface area contributed by atoms with Crippen LogP contribution >= 0.6 is 0 Å². The molecule has 0 aliphatic rings. The van der Waals surface area contributed by atoms with E-state index in [1.54, 1.807) is 6.20 Å². The Labute approximate surface area is 109 Å². The molecule has 1 aromatic carbocycles. The Kier molecular flexibility index (Phi) is 3.93. The molecule has 1 heterocycles. The zero-order valence-electron chi connectivity index (χ0n) is 9.93. The van der Waals surface area contributed by atoms with E-state index in [1.807, 2.05) is 0 Å². The summed E-state index contributed by atoms with van der Waals surface area (Å²) in [5, 5.41) is 0. The van der Waals surface area contributed by atoms with Gasteiger partial charge < -0.3 is 10.7 Å². The maximum Gasteiger partial charge on any atom is 0.241 e. The lowest BCUT2D eigenvalue weighted by Crippen LogP contribution is -2.25. The number of imidazole rings is 1. The van der Waals surface area contributed by atoms with Crippen LogP contribution in [0.25, 0.3) is 0 Å². The number of aromatic nitrogens is 2. The van der Waals surface area contributed by atoms with Crippen molar-refractivity contribution in [2.24, 2.45) is 5.73 Å². The largest absolute Gasteiger partial charge is 0.347 e. The number of nitrogens with two attached hydrogens (primary N) is 1. The van der Waals surface area contributed by atoms with Crippen molar-refractivity contribution < 1.29 is 12.8 Å². The molecular formula is C11H13FN4O2S. The Hall–Kier alpha value is -1.77. The van der Waals surface area contributed by atoms with Crippen molar-refractivity contribution in [3.05, 3.63) is 47.8 Å². The van der Waals surface area contributed by atoms with Crippen LogP contribution in [0, 0.1) is 5.82 Å². The molecule has 0 atom stereocenters. The predicted molar refractivity (Wildman–Crippen MR) is 66.9 cm³/mol. The molecule has 102 valence electrons. The Morgan fingerprint density at radius 1 is 1.42 bits per heavy atom. The van der Waals surface area contributed by atoms with Crippen molar-refractivity contribution in [2.45, 2.75) is 18.0 Å². The van der Waals surface area contributed by atoms with Gasteiger partial charge in [0.05, 0.1) is 11.4 Å². The first-order valence-corrected chi connectivity index (χ1v) is 6.98. The molecule has 0 bridgehead atoms. The number of nitrogens with one attached hydrogen (secondary N) is 2. The SMILES string of the molecule is NCc1c(F)cccc1S(=O)(=O)NCc1ncc[nH]1. The third kappa shape index (κ3) is 2.98. The molecule has 0 fully saturated rings. The van der Waals surface area contributed by atoms with Crippen molar-refractivity contribution in [1.82, 2.24) is 14.7 Å². The van der Waals surface area contributed by atoms with Gasteiger partial charge in [0.15, 0.2) is 0 Å². The van der Waals surface area contributed by atoms with Crippen molar-refractivity contribution in [1.29, 1.82) is 0 Å². The van der Waals surface area contributed by atoms with Crippen LogP contribution in [0.4, 0.5) is 4.39 Å². The van der Waals surface area contributed by atoms with Gasteiger partial charge >= 0.3 is 0 Å². The van der Waals surface area contributed by atoms with E-state index in [1.165, 1.54) is 24.4 Å². The van der Waals surface area contributed by atoms with E-state index in [4.69, 9.17) is 5.73 Å². The van der Waals surface area contributed by atoms with Crippen LogP contribution < -0.4 is 10.5 Å². The van der Waals surface area contributed by atoms with E-state index < -0.39 is 15.8 Å². The van der Waals surface area contributed by atoms with Crippen LogP contribution in [0.2, 0.25) is 0 Å². The Morgan fingerprint density at radius 2 is 2.21 bits per heavy atom. The number of halogens is 1. The third-order valence-electron chi connectivity index (χ3n) is 2.55. The Balaban J connectivity index is 2.27. The summed E-state index contributed by atoms with van der Waals surface area (Å²) in [4.78, 5) is 6.50. The average Bonchev–Trinajstić information content (AvgIpc) is 2.89.